The lowest BCUT2D eigenvalue weighted by Gasteiger charge is -2.42. The van der Waals surface area contributed by atoms with Crippen LogP contribution in [0.1, 0.15) is 32.1 Å². The molecule has 1 aliphatic heterocycles. The zero-order valence-corrected chi connectivity index (χ0v) is 14.6. The summed E-state index contributed by atoms with van der Waals surface area (Å²) >= 11 is 0. The first-order valence-corrected chi connectivity index (χ1v) is 9.05. The van der Waals surface area contributed by atoms with Gasteiger partial charge in [-0.25, -0.2) is 4.98 Å². The predicted octanol–water partition coefficient (Wildman–Crippen LogP) is 1.96. The van der Waals surface area contributed by atoms with Gasteiger partial charge in [-0.1, -0.05) is 12.1 Å². The van der Waals surface area contributed by atoms with Crippen molar-refractivity contribution in [1.29, 1.82) is 0 Å². The highest BCUT2D eigenvalue weighted by molar-refractivity contribution is 5.78. The van der Waals surface area contributed by atoms with Crippen LogP contribution in [-0.2, 0) is 16.1 Å². The quantitative estimate of drug-likeness (QED) is 0.921. The van der Waals surface area contributed by atoms with E-state index in [9.17, 15) is 9.90 Å². The second kappa shape index (κ2) is 6.42. The number of aryl methyl sites for hydroxylation is 1. The molecule has 0 radical (unpaired) electrons. The molecule has 1 saturated heterocycles. The average Bonchev–Trinajstić information content (AvgIpc) is 3.21. The minimum Gasteiger partial charge on any atom is -0.393 e. The van der Waals surface area contributed by atoms with Crippen LogP contribution >= 0.6 is 0 Å². The third kappa shape index (κ3) is 2.83. The summed E-state index contributed by atoms with van der Waals surface area (Å²) in [7, 11) is 1.73. The first-order valence-electron chi connectivity index (χ1n) is 9.05. The van der Waals surface area contributed by atoms with E-state index in [0.29, 0.717) is 19.4 Å². The van der Waals surface area contributed by atoms with Crippen LogP contribution in [0, 0.1) is 0 Å². The average molecular weight is 343 g/mol. The maximum atomic E-state index is 12.9. The van der Waals surface area contributed by atoms with Crippen LogP contribution in [0.15, 0.2) is 30.6 Å². The van der Waals surface area contributed by atoms with Gasteiger partial charge in [-0.2, -0.15) is 0 Å². The normalized spacial score (nSPS) is 29.1. The number of aromatic nitrogens is 2. The number of likely N-dealkylation sites (tertiary alicyclic amines) is 1. The number of hydrogen-bond donors (Lipinski definition) is 1. The Kier molecular flexibility index (Phi) is 4.25. The Hall–Kier alpha value is -1.92. The molecule has 134 valence electrons. The molecule has 6 nitrogen and oxygen atoms in total. The summed E-state index contributed by atoms with van der Waals surface area (Å²) < 4.78 is 7.85. The standard InChI is InChI=1S/C19H25N3O3/c1-25-19-8-6-14(23)12-17(19)22(11-9-19)18(24)7-10-21-13-20-15-4-2-3-5-16(15)21/h2-5,13-14,17,23H,6-12H2,1H3/t14-,17-,19+/m0/s1. The Bertz CT molecular complexity index is 774. The van der Waals surface area contributed by atoms with Crippen molar-refractivity contribution in [3.63, 3.8) is 0 Å². The van der Waals surface area contributed by atoms with Crippen molar-refractivity contribution in [3.05, 3.63) is 30.6 Å². The zero-order chi connectivity index (χ0) is 17.4. The van der Waals surface area contributed by atoms with E-state index < -0.39 is 0 Å². The van der Waals surface area contributed by atoms with Crippen LogP contribution in [0.3, 0.4) is 0 Å². The van der Waals surface area contributed by atoms with Crippen molar-refractivity contribution in [1.82, 2.24) is 14.5 Å². The number of fused-ring (bicyclic) bond motifs is 2. The highest BCUT2D eigenvalue weighted by Gasteiger charge is 2.52. The number of imidazole rings is 1. The van der Waals surface area contributed by atoms with Crippen molar-refractivity contribution in [3.8, 4) is 0 Å². The van der Waals surface area contributed by atoms with Crippen LogP contribution in [0.4, 0.5) is 0 Å². The molecule has 1 aliphatic carbocycles. The summed E-state index contributed by atoms with van der Waals surface area (Å²) in [5.41, 5.74) is 1.73. The van der Waals surface area contributed by atoms with Gasteiger partial charge in [0.05, 0.1) is 35.1 Å². The number of ether oxygens (including phenoxy) is 1. The summed E-state index contributed by atoms with van der Waals surface area (Å²) in [4.78, 5) is 19.2. The number of amides is 1. The molecule has 1 amide bonds. The molecule has 2 fully saturated rings. The highest BCUT2D eigenvalue weighted by atomic mass is 16.5. The van der Waals surface area contributed by atoms with E-state index in [4.69, 9.17) is 4.74 Å². The minimum atomic E-state index is -0.334. The van der Waals surface area contributed by atoms with Gasteiger partial charge in [0.25, 0.3) is 0 Å². The fourth-order valence-corrected chi connectivity index (χ4v) is 4.52. The van der Waals surface area contributed by atoms with Crippen LogP contribution in [-0.4, -0.2) is 56.9 Å². The lowest BCUT2D eigenvalue weighted by Crippen LogP contribution is -2.52. The molecule has 3 atom stereocenters. The Morgan fingerprint density at radius 2 is 2.24 bits per heavy atom. The third-order valence-electron chi connectivity index (χ3n) is 5.98. The topological polar surface area (TPSA) is 67.6 Å². The van der Waals surface area contributed by atoms with E-state index in [1.807, 2.05) is 33.7 Å². The molecule has 0 spiro atoms. The van der Waals surface area contributed by atoms with Crippen LogP contribution in [0.2, 0.25) is 0 Å². The molecule has 0 unspecified atom stereocenters. The maximum absolute atomic E-state index is 12.9. The monoisotopic (exact) mass is 343 g/mol. The Morgan fingerprint density at radius 3 is 3.08 bits per heavy atom. The molecule has 1 saturated carbocycles. The highest BCUT2D eigenvalue weighted by Crippen LogP contribution is 2.42. The molecule has 2 aromatic rings. The molecule has 25 heavy (non-hydrogen) atoms. The van der Waals surface area contributed by atoms with Crippen LogP contribution in [0.25, 0.3) is 11.0 Å². The number of aliphatic hydroxyl groups is 1. The van der Waals surface area contributed by atoms with Gasteiger partial charge in [-0.05, 0) is 37.8 Å². The Morgan fingerprint density at radius 1 is 1.40 bits per heavy atom. The number of para-hydroxylation sites is 2. The van der Waals surface area contributed by atoms with E-state index in [1.165, 1.54) is 0 Å². The SMILES string of the molecule is CO[C@@]12CC[C@H](O)C[C@@H]1N(C(=O)CCn1cnc3ccccc31)CC2. The molecule has 2 aliphatic rings. The van der Waals surface area contributed by atoms with E-state index in [0.717, 1.165) is 36.8 Å². The first kappa shape index (κ1) is 16.5. The zero-order valence-electron chi connectivity index (χ0n) is 14.6. The molecular formula is C19H25N3O3. The molecule has 4 rings (SSSR count). The second-order valence-electron chi connectivity index (χ2n) is 7.23. The van der Waals surface area contributed by atoms with Crippen molar-refractivity contribution in [2.45, 2.75) is 56.4 Å². The molecule has 2 heterocycles. The maximum Gasteiger partial charge on any atom is 0.224 e. The van der Waals surface area contributed by atoms with Gasteiger partial charge < -0.3 is 19.3 Å². The van der Waals surface area contributed by atoms with E-state index in [2.05, 4.69) is 4.98 Å². The number of carbonyl (C=O) groups is 1. The van der Waals surface area contributed by atoms with Gasteiger partial charge in [0.1, 0.15) is 0 Å². The van der Waals surface area contributed by atoms with Crippen molar-refractivity contribution in [2.24, 2.45) is 0 Å². The molecule has 1 aromatic carbocycles. The van der Waals surface area contributed by atoms with Gasteiger partial charge in [-0.15, -0.1) is 0 Å². The Balaban J connectivity index is 1.46. The fourth-order valence-electron chi connectivity index (χ4n) is 4.52. The van der Waals surface area contributed by atoms with Crippen LogP contribution in [0.5, 0.6) is 0 Å². The summed E-state index contributed by atoms with van der Waals surface area (Å²) in [5, 5.41) is 10.1. The van der Waals surface area contributed by atoms with E-state index >= 15 is 0 Å². The van der Waals surface area contributed by atoms with E-state index in [1.54, 1.807) is 13.4 Å². The molecule has 1 aromatic heterocycles. The molecule has 1 N–H and O–H groups in total. The van der Waals surface area contributed by atoms with Crippen LogP contribution < -0.4 is 0 Å². The summed E-state index contributed by atoms with van der Waals surface area (Å²) in [6.07, 6.45) is 4.96. The number of methoxy groups -OCH3 is 1. The van der Waals surface area contributed by atoms with E-state index in [-0.39, 0.29) is 23.7 Å². The summed E-state index contributed by atoms with van der Waals surface area (Å²) in [6.45, 7) is 1.33. The predicted molar refractivity (Wildman–Crippen MR) is 94.1 cm³/mol. The largest absolute Gasteiger partial charge is 0.393 e. The summed E-state index contributed by atoms with van der Waals surface area (Å²) in [5.74, 6) is 0.135. The van der Waals surface area contributed by atoms with Crippen molar-refractivity contribution >= 4 is 16.9 Å². The van der Waals surface area contributed by atoms with Crippen molar-refractivity contribution in [2.75, 3.05) is 13.7 Å². The molecular weight excluding hydrogens is 318 g/mol. The number of nitrogens with zero attached hydrogens (tertiary/aromatic N) is 3. The van der Waals surface area contributed by atoms with Gasteiger partial charge in [-0.3, -0.25) is 4.79 Å². The number of benzene rings is 1. The lowest BCUT2D eigenvalue weighted by molar-refractivity contribution is -0.140. The lowest BCUT2D eigenvalue weighted by atomic mass is 9.79. The van der Waals surface area contributed by atoms with Gasteiger partial charge in [0, 0.05) is 26.6 Å². The molecule has 6 heteroatoms. The second-order valence-corrected chi connectivity index (χ2v) is 7.23. The van der Waals surface area contributed by atoms with Gasteiger partial charge in [0.15, 0.2) is 0 Å². The Labute approximate surface area is 147 Å². The number of aliphatic hydroxyl groups excluding tert-OH is 1. The summed E-state index contributed by atoms with van der Waals surface area (Å²) in [6, 6.07) is 7.95. The smallest absolute Gasteiger partial charge is 0.224 e. The third-order valence-corrected chi connectivity index (χ3v) is 5.98. The fraction of sp³-hybridized carbons (Fsp3) is 0.579. The van der Waals surface area contributed by atoms with Gasteiger partial charge >= 0.3 is 0 Å². The minimum absolute atomic E-state index is 0.00622. The number of hydrogen-bond acceptors (Lipinski definition) is 4. The first-order chi connectivity index (χ1) is 12.1. The number of rotatable bonds is 4. The molecule has 0 bridgehead atoms. The number of carbonyl (C=O) groups excluding carboxylic acids is 1. The van der Waals surface area contributed by atoms with Crippen molar-refractivity contribution < 1.29 is 14.6 Å². The van der Waals surface area contributed by atoms with Gasteiger partial charge in [0.2, 0.25) is 5.91 Å².